The second-order valence-electron chi connectivity index (χ2n) is 14.1. The van der Waals surface area contributed by atoms with E-state index in [2.05, 4.69) is 143 Å². The molecule has 3 atom stereocenters. The first-order valence-corrected chi connectivity index (χ1v) is 21.1. The molecule has 3 unspecified atom stereocenters. The molecule has 48 heavy (non-hydrogen) atoms. The van der Waals surface area contributed by atoms with Gasteiger partial charge in [0.2, 0.25) is 0 Å². The van der Waals surface area contributed by atoms with Gasteiger partial charge in [-0.25, -0.2) is 0 Å². The number of hydrogen-bond acceptors (Lipinski definition) is 0. The SMILES string of the molecule is C=C=CCP1CC1CCCCc1ccc(C(=C=C)/C(=C\C=C)CCCC)cc1/C=C\CC.CC1(C)CCC1.Cc1cccc(CP)c1C. The van der Waals surface area contributed by atoms with E-state index in [0.29, 0.717) is 0 Å². The van der Waals surface area contributed by atoms with Gasteiger partial charge in [0.1, 0.15) is 0 Å². The van der Waals surface area contributed by atoms with E-state index in [1.165, 1.54) is 103 Å². The van der Waals surface area contributed by atoms with Crippen LogP contribution in [0.4, 0.5) is 0 Å². The summed E-state index contributed by atoms with van der Waals surface area (Å²) in [6.07, 6.45) is 28.4. The van der Waals surface area contributed by atoms with Crippen LogP contribution in [0, 0.1) is 19.3 Å². The van der Waals surface area contributed by atoms with E-state index in [4.69, 9.17) is 0 Å². The van der Waals surface area contributed by atoms with Crippen LogP contribution in [0.5, 0.6) is 0 Å². The Kier molecular flexibility index (Phi) is 20.0. The molecule has 0 aromatic heterocycles. The van der Waals surface area contributed by atoms with E-state index in [0.717, 1.165) is 42.1 Å². The normalized spacial score (nSPS) is 17.4. The van der Waals surface area contributed by atoms with Crippen molar-refractivity contribution in [3.63, 3.8) is 0 Å². The Morgan fingerprint density at radius 2 is 1.79 bits per heavy atom. The van der Waals surface area contributed by atoms with E-state index >= 15 is 0 Å². The zero-order valence-corrected chi connectivity index (χ0v) is 33.5. The minimum Gasteiger partial charge on any atom is -0.133 e. The maximum Gasteiger partial charge on any atom is 0.0263 e. The lowest BCUT2D eigenvalue weighted by Gasteiger charge is -2.33. The smallest absolute Gasteiger partial charge is 0.0263 e. The lowest BCUT2D eigenvalue weighted by atomic mass is 9.72. The predicted molar refractivity (Wildman–Crippen MR) is 225 cm³/mol. The fourth-order valence-electron chi connectivity index (χ4n) is 6.10. The van der Waals surface area contributed by atoms with Crippen LogP contribution >= 0.6 is 17.2 Å². The Hall–Kier alpha value is -2.44. The first-order valence-electron chi connectivity index (χ1n) is 18.5. The van der Waals surface area contributed by atoms with Gasteiger partial charge < -0.3 is 0 Å². The van der Waals surface area contributed by atoms with Crippen LogP contribution in [-0.2, 0) is 12.6 Å². The minimum absolute atomic E-state index is 0.270. The summed E-state index contributed by atoms with van der Waals surface area (Å²) in [6, 6.07) is 13.4. The summed E-state index contributed by atoms with van der Waals surface area (Å²) in [5.74, 6) is 0. The standard InChI is InChI=1S/C31H41P.C9H13P.C6H12/c1-6-11-17-27(16-9-4)31(10-5)29-22-21-26(28(24-29)18-12-7-2)19-14-15-20-30-25-32(30)23-13-8-3;1-7-4-3-5-9(6-10)8(7)2;1-6(2)4-3-5-6/h9,12-13,16,18,21-22,24,30H,3-7,11,14-15,17,19-20,23,25H2,1-2H3;3-5H,6,10H2,1-2H3;3-5H2,1-2H3/b18-12-,27-16-;;. The molecule has 0 spiro atoms. The van der Waals surface area contributed by atoms with Gasteiger partial charge in [-0.2, -0.15) is 0 Å². The summed E-state index contributed by atoms with van der Waals surface area (Å²) >= 11 is 0. The third-order valence-corrected chi connectivity index (χ3v) is 12.8. The van der Waals surface area contributed by atoms with Crippen molar-refractivity contribution in [2.24, 2.45) is 5.41 Å². The lowest BCUT2D eigenvalue weighted by molar-refractivity contribution is 0.190. The van der Waals surface area contributed by atoms with Gasteiger partial charge in [0.05, 0.1) is 0 Å². The van der Waals surface area contributed by atoms with Crippen LogP contribution in [0.25, 0.3) is 11.6 Å². The number of allylic oxidation sites excluding steroid dienone is 6. The van der Waals surface area contributed by atoms with E-state index in [1.54, 1.807) is 0 Å². The van der Waals surface area contributed by atoms with Crippen LogP contribution in [-0.4, -0.2) is 18.0 Å². The van der Waals surface area contributed by atoms with Crippen molar-refractivity contribution in [3.8, 4) is 0 Å². The molecule has 0 N–H and O–H groups in total. The molecule has 0 radical (unpaired) electrons. The van der Waals surface area contributed by atoms with Crippen molar-refractivity contribution >= 4 is 28.8 Å². The third kappa shape index (κ3) is 15.0. The van der Waals surface area contributed by atoms with Gasteiger partial charge >= 0.3 is 0 Å². The molecule has 4 rings (SSSR count). The molecule has 2 aromatic carbocycles. The van der Waals surface area contributed by atoms with Gasteiger partial charge in [-0.15, -0.1) is 20.7 Å². The van der Waals surface area contributed by atoms with E-state index < -0.39 is 0 Å². The fraction of sp³-hybridized carbons (Fsp3) is 0.478. The first-order chi connectivity index (χ1) is 23.1. The van der Waals surface area contributed by atoms with Crippen molar-refractivity contribution in [3.05, 3.63) is 131 Å². The third-order valence-electron chi connectivity index (χ3n) is 9.76. The van der Waals surface area contributed by atoms with Crippen molar-refractivity contribution in [2.45, 2.75) is 124 Å². The lowest BCUT2D eigenvalue weighted by Crippen LogP contribution is -2.20. The number of hydrogen-bond donors (Lipinski definition) is 0. The molecular weight excluding hydrogens is 614 g/mol. The maximum absolute atomic E-state index is 4.01. The molecule has 1 aliphatic carbocycles. The Balaban J connectivity index is 0.000000403. The highest BCUT2D eigenvalue weighted by Gasteiger charge is 2.34. The molecule has 0 amide bonds. The molecule has 1 saturated carbocycles. The summed E-state index contributed by atoms with van der Waals surface area (Å²) in [4.78, 5) is 0. The molecular formula is C46H66P2. The first kappa shape index (κ1) is 41.7. The molecule has 0 bridgehead atoms. The van der Waals surface area contributed by atoms with Crippen LogP contribution < -0.4 is 0 Å². The van der Waals surface area contributed by atoms with Crippen molar-refractivity contribution in [1.29, 1.82) is 0 Å². The summed E-state index contributed by atoms with van der Waals surface area (Å²) < 4.78 is 0. The van der Waals surface area contributed by atoms with Crippen molar-refractivity contribution < 1.29 is 0 Å². The molecule has 2 heteroatoms. The minimum atomic E-state index is 0.270. The Morgan fingerprint density at radius 3 is 2.35 bits per heavy atom. The van der Waals surface area contributed by atoms with Gasteiger partial charge in [-0.05, 0) is 146 Å². The summed E-state index contributed by atoms with van der Waals surface area (Å²) in [5.41, 5.74) is 18.5. The molecule has 2 fully saturated rings. The highest BCUT2D eigenvalue weighted by molar-refractivity contribution is 7.66. The largest absolute Gasteiger partial charge is 0.133 e. The Labute approximate surface area is 300 Å². The highest BCUT2D eigenvalue weighted by Crippen LogP contribution is 2.60. The van der Waals surface area contributed by atoms with Crippen LogP contribution in [0.15, 0.2) is 97.5 Å². The second-order valence-corrected chi connectivity index (χ2v) is 17.2. The average Bonchev–Trinajstić information content (AvgIpc) is 3.83. The fourth-order valence-corrected chi connectivity index (χ4v) is 8.87. The van der Waals surface area contributed by atoms with Crippen molar-refractivity contribution in [1.82, 2.24) is 0 Å². The predicted octanol–water partition coefficient (Wildman–Crippen LogP) is 14.4. The summed E-state index contributed by atoms with van der Waals surface area (Å²) in [7, 11) is 3.02. The van der Waals surface area contributed by atoms with Gasteiger partial charge in [-0.1, -0.05) is 129 Å². The molecule has 1 saturated heterocycles. The number of rotatable bonds is 16. The van der Waals surface area contributed by atoms with E-state index in [1.807, 2.05) is 6.08 Å². The summed E-state index contributed by atoms with van der Waals surface area (Å²) in [6.45, 7) is 25.0. The van der Waals surface area contributed by atoms with Gasteiger partial charge in [0.15, 0.2) is 0 Å². The zero-order chi connectivity index (χ0) is 35.4. The van der Waals surface area contributed by atoms with Crippen molar-refractivity contribution in [2.75, 3.05) is 12.3 Å². The quantitative estimate of drug-likeness (QED) is 0.0716. The van der Waals surface area contributed by atoms with Gasteiger partial charge in [0.25, 0.3) is 0 Å². The second kappa shape index (κ2) is 23.1. The van der Waals surface area contributed by atoms with Crippen LogP contribution in [0.1, 0.15) is 125 Å². The van der Waals surface area contributed by atoms with Gasteiger partial charge in [-0.3, -0.25) is 0 Å². The van der Waals surface area contributed by atoms with Crippen LogP contribution in [0.2, 0.25) is 0 Å². The molecule has 2 aliphatic rings. The topological polar surface area (TPSA) is 0 Å². The number of aryl methyl sites for hydroxylation is 2. The van der Waals surface area contributed by atoms with Crippen LogP contribution in [0.3, 0.4) is 0 Å². The molecule has 1 heterocycles. The Bertz CT molecular complexity index is 1430. The van der Waals surface area contributed by atoms with E-state index in [-0.39, 0.29) is 7.92 Å². The van der Waals surface area contributed by atoms with Gasteiger partial charge in [0, 0.05) is 5.57 Å². The molecule has 2 aromatic rings. The Morgan fingerprint density at radius 1 is 1.04 bits per heavy atom. The average molecular weight is 681 g/mol. The maximum atomic E-state index is 4.01. The summed E-state index contributed by atoms with van der Waals surface area (Å²) in [5, 5.41) is 0. The monoisotopic (exact) mass is 680 g/mol. The molecule has 260 valence electrons. The number of benzene rings is 2. The highest BCUT2D eigenvalue weighted by atomic mass is 31.1. The molecule has 0 nitrogen and oxygen atoms in total. The molecule has 1 aliphatic heterocycles. The number of unbranched alkanes of at least 4 members (excludes halogenated alkanes) is 2. The van der Waals surface area contributed by atoms with E-state index in [9.17, 15) is 0 Å². The zero-order valence-electron chi connectivity index (χ0n) is 31.5.